The average Bonchev–Trinajstić information content (AvgIpc) is 2.84. The van der Waals surface area contributed by atoms with Crippen LogP contribution in [-0.2, 0) is 4.79 Å². The molecule has 1 heterocycles. The van der Waals surface area contributed by atoms with E-state index in [4.69, 9.17) is 0 Å². The molecule has 0 unspecified atom stereocenters. The van der Waals surface area contributed by atoms with Crippen molar-refractivity contribution in [3.8, 4) is 0 Å². The molecule has 0 saturated carbocycles. The van der Waals surface area contributed by atoms with Gasteiger partial charge < -0.3 is 0 Å². The van der Waals surface area contributed by atoms with E-state index in [0.717, 1.165) is 11.3 Å². The molecule has 1 aliphatic rings. The summed E-state index contributed by atoms with van der Waals surface area (Å²) in [6, 6.07) is 14.6. The number of thioether (sulfide) groups is 1. The molecule has 0 N–H and O–H groups in total. The molecule has 120 valence electrons. The van der Waals surface area contributed by atoms with E-state index in [1.54, 1.807) is 23.9 Å². The molecule has 4 heteroatoms. The van der Waals surface area contributed by atoms with E-state index in [-0.39, 0.29) is 22.3 Å². The summed E-state index contributed by atoms with van der Waals surface area (Å²) in [7, 11) is 0. The van der Waals surface area contributed by atoms with Crippen molar-refractivity contribution in [1.29, 1.82) is 0 Å². The maximum Gasteiger partial charge on any atom is 0.241 e. The van der Waals surface area contributed by atoms with Crippen LogP contribution in [0.2, 0.25) is 0 Å². The second-order valence-corrected chi connectivity index (χ2v) is 7.56. The van der Waals surface area contributed by atoms with Crippen molar-refractivity contribution < 1.29 is 9.18 Å². The average molecular weight is 329 g/mol. The monoisotopic (exact) mass is 329 g/mol. The molecule has 2 atom stereocenters. The Balaban J connectivity index is 1.96. The van der Waals surface area contributed by atoms with Gasteiger partial charge in [0.1, 0.15) is 11.2 Å². The number of anilines is 1. The van der Waals surface area contributed by atoms with Gasteiger partial charge in [0.25, 0.3) is 0 Å². The highest BCUT2D eigenvalue weighted by Crippen LogP contribution is 2.45. The number of hydrogen-bond acceptors (Lipinski definition) is 2. The highest BCUT2D eigenvalue weighted by molar-refractivity contribution is 8.01. The van der Waals surface area contributed by atoms with Gasteiger partial charge in [-0.05, 0) is 48.2 Å². The van der Waals surface area contributed by atoms with E-state index in [9.17, 15) is 9.18 Å². The van der Waals surface area contributed by atoms with Gasteiger partial charge in [0.15, 0.2) is 0 Å². The third-order valence-electron chi connectivity index (χ3n) is 4.15. The van der Waals surface area contributed by atoms with Gasteiger partial charge >= 0.3 is 0 Å². The molecule has 23 heavy (non-hydrogen) atoms. The number of amides is 1. The molecule has 0 aromatic heterocycles. The van der Waals surface area contributed by atoms with E-state index in [1.807, 2.05) is 24.0 Å². The molecule has 1 saturated heterocycles. The lowest BCUT2D eigenvalue weighted by atomic mass is 10.0. The van der Waals surface area contributed by atoms with Gasteiger partial charge in [0.2, 0.25) is 5.91 Å². The first-order valence-electron chi connectivity index (χ1n) is 7.81. The molecule has 1 amide bonds. The van der Waals surface area contributed by atoms with E-state index < -0.39 is 0 Å². The van der Waals surface area contributed by atoms with Gasteiger partial charge in [-0.3, -0.25) is 9.69 Å². The van der Waals surface area contributed by atoms with Crippen LogP contribution >= 0.6 is 11.8 Å². The number of carbonyl (C=O) groups is 1. The van der Waals surface area contributed by atoms with Crippen LogP contribution in [-0.4, -0.2) is 11.2 Å². The zero-order valence-corrected chi connectivity index (χ0v) is 14.3. The number of hydrogen-bond donors (Lipinski definition) is 0. The van der Waals surface area contributed by atoms with Crippen LogP contribution in [0.4, 0.5) is 10.1 Å². The van der Waals surface area contributed by atoms with Crippen LogP contribution in [0.1, 0.15) is 43.2 Å². The van der Waals surface area contributed by atoms with Gasteiger partial charge in [0, 0.05) is 5.69 Å². The normalized spacial score (nSPS) is 21.3. The quantitative estimate of drug-likeness (QED) is 0.779. The Hall–Kier alpha value is -1.81. The first-order chi connectivity index (χ1) is 11.0. The Morgan fingerprint density at radius 3 is 2.22 bits per heavy atom. The van der Waals surface area contributed by atoms with Crippen LogP contribution in [0.15, 0.2) is 48.5 Å². The minimum Gasteiger partial charge on any atom is -0.295 e. The predicted octanol–water partition coefficient (Wildman–Crippen LogP) is 5.12. The minimum atomic E-state index is -0.260. The smallest absolute Gasteiger partial charge is 0.241 e. The summed E-state index contributed by atoms with van der Waals surface area (Å²) in [4.78, 5) is 14.4. The number of nitrogens with zero attached hydrogens (tertiary/aromatic N) is 1. The first kappa shape index (κ1) is 16.1. The van der Waals surface area contributed by atoms with E-state index >= 15 is 0 Å². The molecule has 3 rings (SSSR count). The van der Waals surface area contributed by atoms with Gasteiger partial charge in [0.05, 0.1) is 5.25 Å². The Morgan fingerprint density at radius 2 is 1.65 bits per heavy atom. The molecule has 0 aliphatic carbocycles. The summed E-state index contributed by atoms with van der Waals surface area (Å²) in [6.07, 6.45) is 0. The summed E-state index contributed by atoms with van der Waals surface area (Å²) in [6.45, 7) is 6.22. The molecule has 0 radical (unpaired) electrons. The number of rotatable bonds is 3. The van der Waals surface area contributed by atoms with Crippen molar-refractivity contribution in [2.24, 2.45) is 0 Å². The second kappa shape index (κ2) is 6.36. The fourth-order valence-corrected chi connectivity index (χ4v) is 4.04. The van der Waals surface area contributed by atoms with Gasteiger partial charge in [-0.1, -0.05) is 38.1 Å². The van der Waals surface area contributed by atoms with Crippen molar-refractivity contribution >= 4 is 23.4 Å². The molecule has 2 aromatic rings. The van der Waals surface area contributed by atoms with Crippen molar-refractivity contribution in [2.45, 2.75) is 37.3 Å². The van der Waals surface area contributed by atoms with Crippen molar-refractivity contribution in [1.82, 2.24) is 0 Å². The standard InChI is InChI=1S/C19H20FNOS/c1-12(2)14-6-10-17(11-7-14)21-18(22)13(3)23-19(21)15-4-8-16(20)9-5-15/h4-13,19H,1-3H3/t13-,19-/m1/s1. The first-order valence-corrected chi connectivity index (χ1v) is 8.75. The lowest BCUT2D eigenvalue weighted by Crippen LogP contribution is -2.30. The summed E-state index contributed by atoms with van der Waals surface area (Å²) in [5, 5.41) is -0.210. The van der Waals surface area contributed by atoms with Crippen LogP contribution in [0.5, 0.6) is 0 Å². The summed E-state index contributed by atoms with van der Waals surface area (Å²) in [5.74, 6) is 0.296. The Bertz CT molecular complexity index is 696. The Morgan fingerprint density at radius 1 is 1.04 bits per heavy atom. The molecule has 0 bridgehead atoms. The van der Waals surface area contributed by atoms with E-state index in [2.05, 4.69) is 26.0 Å². The molecule has 0 spiro atoms. The molecular formula is C19H20FNOS. The fourth-order valence-electron chi connectivity index (χ4n) is 2.76. The zero-order valence-electron chi connectivity index (χ0n) is 13.5. The second-order valence-electron chi connectivity index (χ2n) is 6.14. The zero-order chi connectivity index (χ0) is 16.6. The molecular weight excluding hydrogens is 309 g/mol. The molecule has 2 aromatic carbocycles. The van der Waals surface area contributed by atoms with Crippen LogP contribution in [0.25, 0.3) is 0 Å². The number of benzene rings is 2. The predicted molar refractivity (Wildman–Crippen MR) is 94.2 cm³/mol. The lowest BCUT2D eigenvalue weighted by molar-refractivity contribution is -0.117. The van der Waals surface area contributed by atoms with Gasteiger partial charge in [-0.25, -0.2) is 4.39 Å². The SMILES string of the molecule is CC(C)c1ccc(N2C(=O)[C@@H](C)S[C@@H]2c2ccc(F)cc2)cc1. The van der Waals surface area contributed by atoms with E-state index in [0.29, 0.717) is 5.92 Å². The Kier molecular flexibility index (Phi) is 4.44. The van der Waals surface area contributed by atoms with Crippen LogP contribution < -0.4 is 4.90 Å². The molecule has 2 nitrogen and oxygen atoms in total. The van der Waals surface area contributed by atoms with Crippen molar-refractivity contribution in [3.05, 3.63) is 65.5 Å². The highest BCUT2D eigenvalue weighted by atomic mass is 32.2. The lowest BCUT2D eigenvalue weighted by Gasteiger charge is -2.24. The van der Waals surface area contributed by atoms with Gasteiger partial charge in [-0.15, -0.1) is 11.8 Å². The third-order valence-corrected chi connectivity index (χ3v) is 5.50. The van der Waals surface area contributed by atoms with E-state index in [1.165, 1.54) is 17.7 Å². The van der Waals surface area contributed by atoms with Gasteiger partial charge in [-0.2, -0.15) is 0 Å². The third kappa shape index (κ3) is 3.13. The van der Waals surface area contributed by atoms with Crippen LogP contribution in [0.3, 0.4) is 0 Å². The van der Waals surface area contributed by atoms with Crippen molar-refractivity contribution in [2.75, 3.05) is 4.90 Å². The minimum absolute atomic E-state index is 0.0987. The fraction of sp³-hybridized carbons (Fsp3) is 0.316. The van der Waals surface area contributed by atoms with Crippen LogP contribution in [0, 0.1) is 5.82 Å². The Labute approximate surface area is 140 Å². The largest absolute Gasteiger partial charge is 0.295 e. The maximum atomic E-state index is 13.2. The topological polar surface area (TPSA) is 20.3 Å². The summed E-state index contributed by atoms with van der Waals surface area (Å²) >= 11 is 1.60. The highest BCUT2D eigenvalue weighted by Gasteiger charge is 2.39. The van der Waals surface area contributed by atoms with Crippen molar-refractivity contribution in [3.63, 3.8) is 0 Å². The molecule has 1 aliphatic heterocycles. The number of carbonyl (C=O) groups excluding carboxylic acids is 1. The number of halogens is 1. The maximum absolute atomic E-state index is 13.2. The summed E-state index contributed by atoms with van der Waals surface area (Å²) in [5.41, 5.74) is 3.09. The summed E-state index contributed by atoms with van der Waals surface area (Å²) < 4.78 is 13.2. The molecule has 1 fully saturated rings.